The summed E-state index contributed by atoms with van der Waals surface area (Å²) in [5.74, 6) is -2.22. The lowest BCUT2D eigenvalue weighted by Crippen LogP contribution is -2.70. The molecule has 1 heterocycles. The molecular formula is C22H31N5O6. The second-order valence-electron chi connectivity index (χ2n) is 8.82. The molecule has 33 heavy (non-hydrogen) atoms. The largest absolute Gasteiger partial charge is 0.466 e. The van der Waals surface area contributed by atoms with Gasteiger partial charge in [0, 0.05) is 31.9 Å². The number of nitrogens with one attached hydrogen (secondary N) is 2. The summed E-state index contributed by atoms with van der Waals surface area (Å²) in [4.78, 5) is 53.2. The molecule has 1 aliphatic rings. The minimum absolute atomic E-state index is 0.294. The predicted octanol–water partition coefficient (Wildman–Crippen LogP) is 2.40. The molecule has 11 nitrogen and oxygen atoms in total. The van der Waals surface area contributed by atoms with E-state index in [-0.39, 0.29) is 12.3 Å². The summed E-state index contributed by atoms with van der Waals surface area (Å²) in [7, 11) is 4.23. The van der Waals surface area contributed by atoms with Crippen LogP contribution in [0.3, 0.4) is 0 Å². The van der Waals surface area contributed by atoms with E-state index in [1.807, 2.05) is 0 Å². The number of urea groups is 1. The van der Waals surface area contributed by atoms with Crippen molar-refractivity contribution in [2.75, 3.05) is 26.5 Å². The lowest BCUT2D eigenvalue weighted by Gasteiger charge is -2.43. The van der Waals surface area contributed by atoms with Gasteiger partial charge in [0.1, 0.15) is 5.60 Å². The highest BCUT2D eigenvalue weighted by Gasteiger charge is 2.56. The highest BCUT2D eigenvalue weighted by Crippen LogP contribution is 2.32. The normalized spacial score (nSPS) is 20.3. The molecule has 1 aromatic rings. The van der Waals surface area contributed by atoms with Gasteiger partial charge in [-0.1, -0.05) is 18.2 Å². The lowest BCUT2D eigenvalue weighted by atomic mass is 9.87. The van der Waals surface area contributed by atoms with Crippen molar-refractivity contribution >= 4 is 35.4 Å². The molecule has 2 N–H and O–H groups in total. The molecule has 0 saturated heterocycles. The van der Waals surface area contributed by atoms with Crippen molar-refractivity contribution in [1.82, 2.24) is 15.2 Å². The number of hydrogen-bond donors (Lipinski definition) is 2. The Kier molecular flexibility index (Phi) is 7.68. The molecule has 180 valence electrons. The maximum absolute atomic E-state index is 13.2. The van der Waals surface area contributed by atoms with Crippen LogP contribution < -0.4 is 10.6 Å². The van der Waals surface area contributed by atoms with Crippen LogP contribution >= 0.6 is 0 Å². The Balaban J connectivity index is 2.58. The van der Waals surface area contributed by atoms with Crippen molar-refractivity contribution in [3.63, 3.8) is 0 Å². The molecule has 0 fully saturated rings. The van der Waals surface area contributed by atoms with Crippen LogP contribution in [0.25, 0.3) is 0 Å². The molecule has 0 bridgehead atoms. The Morgan fingerprint density at radius 3 is 2.27 bits per heavy atom. The molecule has 2 atom stereocenters. The molecule has 0 unspecified atom stereocenters. The molecule has 0 spiro atoms. The van der Waals surface area contributed by atoms with Crippen LogP contribution in [0.5, 0.6) is 0 Å². The van der Waals surface area contributed by atoms with E-state index in [0.29, 0.717) is 11.4 Å². The van der Waals surface area contributed by atoms with Gasteiger partial charge < -0.3 is 19.7 Å². The number of hydrogen-bond acceptors (Lipinski definition) is 7. The highest BCUT2D eigenvalue weighted by atomic mass is 16.6. The van der Waals surface area contributed by atoms with E-state index in [4.69, 9.17) is 9.47 Å². The topological polar surface area (TPSA) is 130 Å². The van der Waals surface area contributed by atoms with Gasteiger partial charge in [-0.2, -0.15) is 10.1 Å². The first kappa shape index (κ1) is 25.6. The number of ether oxygens (including phenoxy) is 2. The van der Waals surface area contributed by atoms with E-state index in [2.05, 4.69) is 15.7 Å². The number of anilines is 1. The number of hydrazone groups is 1. The number of nitrogens with zero attached hydrogens (tertiary/aromatic N) is 3. The summed E-state index contributed by atoms with van der Waals surface area (Å²) in [6.07, 6.45) is -1.27. The van der Waals surface area contributed by atoms with Crippen LogP contribution in [0, 0.1) is 5.92 Å². The first-order chi connectivity index (χ1) is 15.3. The van der Waals surface area contributed by atoms with Crippen molar-refractivity contribution in [3.05, 3.63) is 30.3 Å². The number of esters is 1. The van der Waals surface area contributed by atoms with Gasteiger partial charge in [-0.3, -0.25) is 10.1 Å². The van der Waals surface area contributed by atoms with Crippen molar-refractivity contribution in [3.8, 4) is 0 Å². The fourth-order valence-electron chi connectivity index (χ4n) is 3.30. The number of carbonyl (C=O) groups excluding carboxylic acids is 4. The summed E-state index contributed by atoms with van der Waals surface area (Å²) in [5.41, 5.74) is -2.28. The van der Waals surface area contributed by atoms with Gasteiger partial charge in [-0.15, -0.1) is 0 Å². The van der Waals surface area contributed by atoms with Crippen molar-refractivity contribution in [2.24, 2.45) is 11.0 Å². The van der Waals surface area contributed by atoms with Gasteiger partial charge in [0.25, 0.3) is 0 Å². The monoisotopic (exact) mass is 461 g/mol. The minimum Gasteiger partial charge on any atom is -0.466 e. The number of benzene rings is 1. The Bertz CT molecular complexity index is 940. The third kappa shape index (κ3) is 5.99. The Morgan fingerprint density at radius 2 is 1.76 bits per heavy atom. The van der Waals surface area contributed by atoms with Gasteiger partial charge in [0.15, 0.2) is 0 Å². The highest BCUT2D eigenvalue weighted by molar-refractivity contribution is 6.06. The zero-order chi connectivity index (χ0) is 25.0. The Hall–Kier alpha value is -3.63. The number of rotatable bonds is 4. The fourth-order valence-corrected chi connectivity index (χ4v) is 3.30. The van der Waals surface area contributed by atoms with E-state index in [1.165, 1.54) is 4.90 Å². The average molecular weight is 462 g/mol. The zero-order valence-corrected chi connectivity index (χ0v) is 20.0. The smallest absolute Gasteiger partial charge is 0.410 e. The van der Waals surface area contributed by atoms with Crippen LogP contribution in [-0.2, 0) is 19.1 Å². The van der Waals surface area contributed by atoms with E-state index in [1.54, 1.807) is 72.1 Å². The predicted molar refractivity (Wildman–Crippen MR) is 121 cm³/mol. The first-order valence-electron chi connectivity index (χ1n) is 10.3. The Labute approximate surface area is 193 Å². The molecular weight excluding hydrogens is 430 g/mol. The van der Waals surface area contributed by atoms with Crippen LogP contribution in [0.15, 0.2) is 35.4 Å². The minimum atomic E-state index is -2.13. The quantitative estimate of drug-likeness (QED) is 0.663. The summed E-state index contributed by atoms with van der Waals surface area (Å²) in [6.45, 7) is 6.53. The maximum atomic E-state index is 13.2. The summed E-state index contributed by atoms with van der Waals surface area (Å²) in [5, 5.41) is 10.1. The van der Waals surface area contributed by atoms with Gasteiger partial charge in [-0.05, 0) is 39.8 Å². The molecule has 1 aromatic carbocycles. The van der Waals surface area contributed by atoms with Gasteiger partial charge in [0.2, 0.25) is 11.6 Å². The summed E-state index contributed by atoms with van der Waals surface area (Å²) < 4.78 is 10.3. The van der Waals surface area contributed by atoms with E-state index >= 15 is 0 Å². The summed E-state index contributed by atoms with van der Waals surface area (Å²) in [6, 6.07) is 7.71. The van der Waals surface area contributed by atoms with Crippen LogP contribution in [0.1, 0.15) is 34.1 Å². The fraction of sp³-hybridized carbons (Fsp3) is 0.500. The number of amides is 4. The van der Waals surface area contributed by atoms with Crippen LogP contribution in [0.4, 0.5) is 15.3 Å². The molecule has 2 rings (SSSR count). The standard InChI is InChI=1S/C22H31N5O6/c1-14-16(17(28)26(5)6)13-22(18(29)32-7,24-20(31)33-21(2,3)4)27(25-14)19(30)23-15-11-9-8-10-12-15/h8-12,16H,13H2,1-7H3,(H,23,30)(H,24,31)/t16-,22-/m1/s1. The lowest BCUT2D eigenvalue weighted by molar-refractivity contribution is -0.158. The molecule has 11 heteroatoms. The number of alkyl carbamates (subject to hydrolysis) is 1. The molecule has 1 aliphatic heterocycles. The van der Waals surface area contributed by atoms with Crippen molar-refractivity contribution in [2.45, 2.75) is 45.4 Å². The number of carbonyl (C=O) groups is 4. The van der Waals surface area contributed by atoms with Crippen LogP contribution in [0.2, 0.25) is 0 Å². The van der Waals surface area contributed by atoms with Gasteiger partial charge >= 0.3 is 18.1 Å². The second-order valence-corrected chi connectivity index (χ2v) is 8.82. The Morgan fingerprint density at radius 1 is 1.15 bits per heavy atom. The maximum Gasteiger partial charge on any atom is 0.410 e. The SMILES string of the molecule is COC(=O)[C@@]1(NC(=O)OC(C)(C)C)C[C@@H](C(=O)N(C)C)C(C)=NN1C(=O)Nc1ccccc1. The number of para-hydroxylation sites is 1. The molecule has 0 aromatic heterocycles. The molecule has 4 amide bonds. The first-order valence-corrected chi connectivity index (χ1v) is 10.3. The van der Waals surface area contributed by atoms with E-state index in [9.17, 15) is 19.2 Å². The van der Waals surface area contributed by atoms with Crippen molar-refractivity contribution < 1.29 is 28.7 Å². The molecule has 0 saturated carbocycles. The zero-order valence-electron chi connectivity index (χ0n) is 20.0. The van der Waals surface area contributed by atoms with Crippen LogP contribution in [-0.4, -0.2) is 72.1 Å². The van der Waals surface area contributed by atoms with Gasteiger partial charge in [-0.25, -0.2) is 14.4 Å². The van der Waals surface area contributed by atoms with Crippen molar-refractivity contribution in [1.29, 1.82) is 0 Å². The number of methoxy groups -OCH3 is 1. The second kappa shape index (κ2) is 9.88. The third-order valence-electron chi connectivity index (χ3n) is 4.81. The average Bonchev–Trinajstić information content (AvgIpc) is 2.72. The van der Waals surface area contributed by atoms with E-state index < -0.39 is 35.3 Å². The summed E-state index contributed by atoms with van der Waals surface area (Å²) >= 11 is 0. The van der Waals surface area contributed by atoms with Gasteiger partial charge in [0.05, 0.1) is 13.0 Å². The van der Waals surface area contributed by atoms with E-state index in [0.717, 1.165) is 12.1 Å². The third-order valence-corrected chi connectivity index (χ3v) is 4.81. The molecule has 0 radical (unpaired) electrons. The molecule has 0 aliphatic carbocycles.